The van der Waals surface area contributed by atoms with E-state index in [4.69, 9.17) is 0 Å². The molecule has 0 amide bonds. The highest BCUT2D eigenvalue weighted by Crippen LogP contribution is 2.50. The van der Waals surface area contributed by atoms with Crippen molar-refractivity contribution in [3.8, 4) is 33.4 Å². The molecule has 0 aliphatic carbocycles. The van der Waals surface area contributed by atoms with E-state index in [1.165, 1.54) is 116 Å². The first-order chi connectivity index (χ1) is 30.5. The minimum absolute atomic E-state index is 0.0107. The van der Waals surface area contributed by atoms with Gasteiger partial charge in [0.05, 0.1) is 0 Å². The molecule has 63 heavy (non-hydrogen) atoms. The van der Waals surface area contributed by atoms with E-state index in [0.717, 1.165) is 44.3 Å². The summed E-state index contributed by atoms with van der Waals surface area (Å²) in [4.78, 5) is 0.0164. The monoisotopic (exact) mass is 891 g/mol. The average Bonchev–Trinajstić information content (AvgIpc) is 3.28. The molecular weight excluding hydrogens is 808 g/mol. The molecule has 0 fully saturated rings. The van der Waals surface area contributed by atoms with Crippen molar-refractivity contribution in [2.75, 3.05) is 18.5 Å². The summed E-state index contributed by atoms with van der Waals surface area (Å²) in [5.74, 6) is -0.110. The average molecular weight is 891 g/mol. The molecular formula is C58H83O3PS. The topological polar surface area (TPSA) is 54.4 Å². The van der Waals surface area contributed by atoms with Gasteiger partial charge in [-0.2, -0.15) is 8.42 Å². The third kappa shape index (κ3) is 16.3. The van der Waals surface area contributed by atoms with Crippen molar-refractivity contribution in [2.24, 2.45) is 0 Å². The Morgan fingerprint density at radius 2 is 0.810 bits per heavy atom. The minimum atomic E-state index is -4.54. The zero-order valence-electron chi connectivity index (χ0n) is 40.4. The normalized spacial score (nSPS) is 11.8. The van der Waals surface area contributed by atoms with Gasteiger partial charge in [-0.15, -0.1) is 7.92 Å². The van der Waals surface area contributed by atoms with E-state index in [-0.39, 0.29) is 16.7 Å². The predicted octanol–water partition coefficient (Wildman–Crippen LogP) is 18.9. The Bertz CT molecular complexity index is 2090. The summed E-state index contributed by atoms with van der Waals surface area (Å²) in [6.07, 6.45) is 31.2. The lowest BCUT2D eigenvalue weighted by Crippen LogP contribution is -2.12. The number of benzene rings is 5. The van der Waals surface area contributed by atoms with Crippen LogP contribution in [-0.4, -0.2) is 31.5 Å². The van der Waals surface area contributed by atoms with Crippen molar-refractivity contribution < 1.29 is 13.0 Å². The molecule has 0 aromatic heterocycles. The highest BCUT2D eigenvalue weighted by Gasteiger charge is 2.31. The lowest BCUT2D eigenvalue weighted by atomic mass is 9.78. The van der Waals surface area contributed by atoms with Gasteiger partial charge in [0.1, 0.15) is 4.90 Å². The number of unbranched alkanes of at least 4 members (excludes halogenated alkanes) is 15. The molecule has 0 aliphatic rings. The number of hydrogen-bond donors (Lipinski definition) is 1. The minimum Gasteiger partial charge on any atom is -0.282 e. The molecule has 0 spiro atoms. The highest BCUT2D eigenvalue weighted by atomic mass is 32.2. The summed E-state index contributed by atoms with van der Waals surface area (Å²) in [7, 11) is -4.17. The van der Waals surface area contributed by atoms with Gasteiger partial charge in [-0.3, -0.25) is 4.55 Å². The van der Waals surface area contributed by atoms with Crippen LogP contribution in [0, 0.1) is 0 Å². The van der Waals surface area contributed by atoms with Crippen LogP contribution in [0.5, 0.6) is 0 Å². The first-order valence-electron chi connectivity index (χ1n) is 25.1. The fourth-order valence-corrected chi connectivity index (χ4v) is 13.1. The molecule has 0 heterocycles. The van der Waals surface area contributed by atoms with Crippen molar-refractivity contribution >= 4 is 28.8 Å². The zero-order valence-corrected chi connectivity index (χ0v) is 42.1. The molecule has 5 aromatic carbocycles. The Labute approximate surface area is 386 Å². The Hall–Kier alpha value is -3.30. The van der Waals surface area contributed by atoms with E-state index in [0.29, 0.717) is 18.9 Å². The van der Waals surface area contributed by atoms with Crippen molar-refractivity contribution in [1.29, 1.82) is 0 Å². The van der Waals surface area contributed by atoms with E-state index < -0.39 is 10.1 Å². The quantitative estimate of drug-likeness (QED) is 0.0325. The van der Waals surface area contributed by atoms with Gasteiger partial charge in [0, 0.05) is 5.39 Å². The first kappa shape index (κ1) is 52.3. The largest absolute Gasteiger partial charge is 0.295 e. The molecule has 0 bridgehead atoms. The van der Waals surface area contributed by atoms with Crippen molar-refractivity contribution in [1.82, 2.24) is 0 Å². The van der Waals surface area contributed by atoms with E-state index in [1.807, 2.05) is 80.6 Å². The SMILES string of the molecule is CC(C)c1c(C(C)C)c(-c2ccccc2)c2c(-c3ccccc3)c(-c3ccccc3)ccc2c1S(=O)(=O)O.CCCCCCCCP(CCCCCCCC)CCCCCCCC. The third-order valence-corrected chi connectivity index (χ3v) is 16.4. The second-order valence-electron chi connectivity index (χ2n) is 18.5. The molecule has 5 heteroatoms. The van der Waals surface area contributed by atoms with Crippen LogP contribution in [-0.2, 0) is 10.1 Å². The number of hydrogen-bond acceptors (Lipinski definition) is 2. The van der Waals surface area contributed by atoms with E-state index in [1.54, 1.807) is 18.5 Å². The van der Waals surface area contributed by atoms with Gasteiger partial charge in [-0.1, -0.05) is 248 Å². The Morgan fingerprint density at radius 1 is 0.444 bits per heavy atom. The van der Waals surface area contributed by atoms with Crippen molar-refractivity contribution in [3.05, 3.63) is 114 Å². The molecule has 1 N–H and O–H groups in total. The lowest BCUT2D eigenvalue weighted by Gasteiger charge is -2.28. The van der Waals surface area contributed by atoms with Gasteiger partial charge in [0.2, 0.25) is 0 Å². The first-order valence-corrected chi connectivity index (χ1v) is 28.4. The molecule has 0 unspecified atom stereocenters. The van der Waals surface area contributed by atoms with Gasteiger partial charge in [0.25, 0.3) is 10.1 Å². The summed E-state index contributed by atoms with van der Waals surface area (Å²) in [6.45, 7) is 15.1. The summed E-state index contributed by atoms with van der Waals surface area (Å²) >= 11 is 0. The van der Waals surface area contributed by atoms with E-state index in [9.17, 15) is 13.0 Å². The van der Waals surface area contributed by atoms with Crippen molar-refractivity contribution in [3.63, 3.8) is 0 Å². The molecule has 3 nitrogen and oxygen atoms in total. The highest BCUT2D eigenvalue weighted by molar-refractivity contribution is 7.86. The summed E-state index contributed by atoms with van der Waals surface area (Å²) < 4.78 is 37.0. The third-order valence-electron chi connectivity index (χ3n) is 12.6. The smallest absolute Gasteiger partial charge is 0.282 e. The lowest BCUT2D eigenvalue weighted by molar-refractivity contribution is 0.482. The molecule has 0 saturated heterocycles. The van der Waals surface area contributed by atoms with E-state index in [2.05, 4.69) is 71.0 Å². The predicted molar refractivity (Wildman–Crippen MR) is 280 cm³/mol. The summed E-state index contributed by atoms with van der Waals surface area (Å²) in [6, 6.07) is 34.3. The van der Waals surface area contributed by atoms with Gasteiger partial charge in [-0.05, 0) is 99.5 Å². The second kappa shape index (κ2) is 28.6. The van der Waals surface area contributed by atoms with Crippen LogP contribution in [0.15, 0.2) is 108 Å². The molecule has 0 saturated carbocycles. The number of rotatable bonds is 27. The summed E-state index contributed by atoms with van der Waals surface area (Å²) in [5, 5.41) is 1.38. The Kier molecular flexibility index (Phi) is 23.7. The molecule has 0 aliphatic heterocycles. The maximum Gasteiger partial charge on any atom is 0.295 e. The Balaban J connectivity index is 0.000000305. The van der Waals surface area contributed by atoms with Crippen LogP contribution in [0.1, 0.15) is 187 Å². The van der Waals surface area contributed by atoms with Crippen molar-refractivity contribution in [2.45, 2.75) is 181 Å². The van der Waals surface area contributed by atoms with Gasteiger partial charge in [-0.25, -0.2) is 0 Å². The Morgan fingerprint density at radius 3 is 1.19 bits per heavy atom. The second-order valence-corrected chi connectivity index (χ2v) is 22.5. The molecule has 5 aromatic rings. The number of fused-ring (bicyclic) bond motifs is 1. The molecule has 344 valence electrons. The van der Waals surface area contributed by atoms with Crippen LogP contribution in [0.2, 0.25) is 0 Å². The van der Waals surface area contributed by atoms with E-state index >= 15 is 0 Å². The van der Waals surface area contributed by atoms with Gasteiger partial charge >= 0.3 is 0 Å². The van der Waals surface area contributed by atoms with Crippen LogP contribution >= 0.6 is 7.92 Å². The maximum atomic E-state index is 13.2. The van der Waals surface area contributed by atoms with Crippen LogP contribution in [0.25, 0.3) is 44.2 Å². The van der Waals surface area contributed by atoms with Crippen LogP contribution in [0.4, 0.5) is 0 Å². The molecule has 0 radical (unpaired) electrons. The van der Waals surface area contributed by atoms with Crippen LogP contribution in [0.3, 0.4) is 0 Å². The standard InChI is InChI=1S/C34H32O3S.C24H51P/c1-22(2)29-30(23(3)4)34(38(35,36)37)28-21-20-27(24-14-8-5-9-15-24)31(25-16-10-6-11-17-25)33(28)32(29)26-18-12-7-13-19-26;1-4-7-10-13-16-19-22-25(23-20-17-14-11-8-5-2)24-21-18-15-12-9-6-3/h5-23H,1-4H3,(H,35,36,37);4-24H2,1-3H3. The summed E-state index contributed by atoms with van der Waals surface area (Å²) in [5.41, 5.74) is 7.66. The van der Waals surface area contributed by atoms with Gasteiger partial charge in [0.15, 0.2) is 0 Å². The fourth-order valence-electron chi connectivity index (χ4n) is 9.39. The van der Waals surface area contributed by atoms with Crippen LogP contribution < -0.4 is 0 Å². The molecule has 0 atom stereocenters. The fraction of sp³-hybridized carbons (Fsp3) is 0.517. The maximum absolute atomic E-state index is 13.2. The van der Waals surface area contributed by atoms with Gasteiger partial charge < -0.3 is 0 Å². The zero-order chi connectivity index (χ0) is 45.5. The molecule has 5 rings (SSSR count).